The first-order valence-corrected chi connectivity index (χ1v) is 11.8. The molecule has 3 rings (SSSR count). The number of carbonyl (C=O) groups excluding carboxylic acids is 1. The van der Waals surface area contributed by atoms with Crippen LogP contribution in [-0.2, 0) is 23.3 Å². The summed E-state index contributed by atoms with van der Waals surface area (Å²) in [6.45, 7) is 9.75. The van der Waals surface area contributed by atoms with Crippen molar-refractivity contribution in [1.29, 1.82) is 0 Å². The van der Waals surface area contributed by atoms with Crippen LogP contribution in [0.4, 0.5) is 0 Å². The number of nitrogens with zero attached hydrogens (tertiary/aromatic N) is 1. The molecule has 3 aromatic rings. The SMILES string of the molecule is CC(C)(C)C(=O)NC[C@](C)(C(=S)N(Cc1ccccc1)Cc1ccccc1)c1ccccc1. The molecule has 1 N–H and O–H groups in total. The van der Waals surface area contributed by atoms with Gasteiger partial charge in [0.15, 0.2) is 0 Å². The molecule has 3 aromatic carbocycles. The fraction of sp³-hybridized carbons (Fsp3) is 0.310. The second-order valence-corrected chi connectivity index (χ2v) is 10.1. The summed E-state index contributed by atoms with van der Waals surface area (Å²) in [5.41, 5.74) is 2.48. The van der Waals surface area contributed by atoms with E-state index in [1.165, 1.54) is 11.1 Å². The fourth-order valence-corrected chi connectivity index (χ4v) is 4.10. The van der Waals surface area contributed by atoms with Crippen LogP contribution in [0.25, 0.3) is 0 Å². The number of hydrogen-bond donors (Lipinski definition) is 1. The van der Waals surface area contributed by atoms with Gasteiger partial charge in [0.25, 0.3) is 0 Å². The first kappa shape index (κ1) is 24.7. The largest absolute Gasteiger partial charge is 0.357 e. The third-order valence-corrected chi connectivity index (χ3v) is 6.60. The number of rotatable bonds is 8. The quantitative estimate of drug-likeness (QED) is 0.412. The maximum Gasteiger partial charge on any atom is 0.225 e. The molecular weight excluding hydrogens is 424 g/mol. The van der Waals surface area contributed by atoms with Crippen LogP contribution >= 0.6 is 12.2 Å². The summed E-state index contributed by atoms with van der Waals surface area (Å²) >= 11 is 6.21. The van der Waals surface area contributed by atoms with Crippen LogP contribution in [0.15, 0.2) is 91.0 Å². The first-order valence-electron chi connectivity index (χ1n) is 11.4. The van der Waals surface area contributed by atoms with Gasteiger partial charge in [-0.2, -0.15) is 0 Å². The molecule has 33 heavy (non-hydrogen) atoms. The van der Waals surface area contributed by atoms with E-state index < -0.39 is 10.8 Å². The number of nitrogens with one attached hydrogen (secondary N) is 1. The average Bonchev–Trinajstić information content (AvgIpc) is 2.82. The van der Waals surface area contributed by atoms with Crippen molar-refractivity contribution in [3.63, 3.8) is 0 Å². The highest BCUT2D eigenvalue weighted by atomic mass is 32.1. The summed E-state index contributed by atoms with van der Waals surface area (Å²) < 4.78 is 0. The lowest BCUT2D eigenvalue weighted by molar-refractivity contribution is -0.128. The van der Waals surface area contributed by atoms with Crippen molar-refractivity contribution in [2.45, 2.75) is 46.2 Å². The maximum atomic E-state index is 12.7. The minimum Gasteiger partial charge on any atom is -0.357 e. The number of carbonyl (C=O) groups is 1. The Labute approximate surface area is 203 Å². The molecule has 0 radical (unpaired) electrons. The van der Waals surface area contributed by atoms with Gasteiger partial charge in [-0.05, 0) is 23.6 Å². The van der Waals surface area contributed by atoms with Crippen LogP contribution in [0.3, 0.4) is 0 Å². The van der Waals surface area contributed by atoms with E-state index in [9.17, 15) is 4.79 Å². The molecule has 3 nitrogen and oxygen atoms in total. The van der Waals surface area contributed by atoms with Crippen molar-refractivity contribution in [1.82, 2.24) is 10.2 Å². The molecule has 172 valence electrons. The molecule has 0 bridgehead atoms. The van der Waals surface area contributed by atoms with Crippen LogP contribution < -0.4 is 5.32 Å². The predicted molar refractivity (Wildman–Crippen MR) is 141 cm³/mol. The van der Waals surface area contributed by atoms with Crippen LogP contribution in [0, 0.1) is 5.41 Å². The Kier molecular flexibility index (Phi) is 8.04. The number of amides is 1. The van der Waals surface area contributed by atoms with Gasteiger partial charge in [-0.25, -0.2) is 0 Å². The van der Waals surface area contributed by atoms with Gasteiger partial charge >= 0.3 is 0 Å². The Morgan fingerprint density at radius 3 is 1.61 bits per heavy atom. The molecule has 0 spiro atoms. The molecule has 0 aliphatic heterocycles. The Hall–Kier alpha value is -2.98. The van der Waals surface area contributed by atoms with E-state index >= 15 is 0 Å². The lowest BCUT2D eigenvalue weighted by Crippen LogP contribution is -2.51. The van der Waals surface area contributed by atoms with E-state index in [0.29, 0.717) is 19.6 Å². The van der Waals surface area contributed by atoms with Gasteiger partial charge in [0.2, 0.25) is 5.91 Å². The summed E-state index contributed by atoms with van der Waals surface area (Å²) in [5.74, 6) is 0.0186. The highest BCUT2D eigenvalue weighted by Crippen LogP contribution is 2.29. The smallest absolute Gasteiger partial charge is 0.225 e. The van der Waals surface area contributed by atoms with Gasteiger partial charge in [-0.3, -0.25) is 4.79 Å². The Bertz CT molecular complexity index is 1000. The summed E-state index contributed by atoms with van der Waals surface area (Å²) in [6.07, 6.45) is 0. The number of benzene rings is 3. The third kappa shape index (κ3) is 6.52. The standard InChI is InChI=1S/C29H34N2OS/c1-28(2,3)26(32)30-22-29(4,25-18-12-7-13-19-25)27(33)31(20-23-14-8-5-9-15-23)21-24-16-10-6-11-17-24/h5-19H,20-22H2,1-4H3,(H,30,32)/t29-/m0/s1. The van der Waals surface area contributed by atoms with Gasteiger partial charge in [0.1, 0.15) is 0 Å². The average molecular weight is 459 g/mol. The number of thiocarbonyl (C=S) groups is 1. The summed E-state index contributed by atoms with van der Waals surface area (Å²) in [4.78, 5) is 15.8. The van der Waals surface area contributed by atoms with Crippen molar-refractivity contribution in [3.8, 4) is 0 Å². The van der Waals surface area contributed by atoms with Crippen LogP contribution in [0.1, 0.15) is 44.4 Å². The first-order chi connectivity index (χ1) is 15.7. The molecule has 0 unspecified atom stereocenters. The predicted octanol–water partition coefficient (Wildman–Crippen LogP) is 6.14. The van der Waals surface area contributed by atoms with Crippen molar-refractivity contribution in [2.75, 3.05) is 6.54 Å². The molecule has 4 heteroatoms. The van der Waals surface area contributed by atoms with E-state index in [-0.39, 0.29) is 5.91 Å². The highest BCUT2D eigenvalue weighted by molar-refractivity contribution is 7.80. The minimum atomic E-state index is -0.541. The van der Waals surface area contributed by atoms with Gasteiger partial charge in [0, 0.05) is 25.0 Å². The lowest BCUT2D eigenvalue weighted by atomic mass is 9.80. The molecule has 0 saturated carbocycles. The molecule has 0 aliphatic carbocycles. The zero-order chi connectivity index (χ0) is 23.9. The van der Waals surface area contributed by atoms with Crippen molar-refractivity contribution >= 4 is 23.1 Å². The summed E-state index contributed by atoms with van der Waals surface area (Å²) in [5, 5.41) is 3.17. The summed E-state index contributed by atoms with van der Waals surface area (Å²) in [6, 6.07) is 31.0. The van der Waals surface area contributed by atoms with Crippen LogP contribution in [-0.4, -0.2) is 22.3 Å². The van der Waals surface area contributed by atoms with Crippen molar-refractivity contribution < 1.29 is 4.79 Å². The second kappa shape index (κ2) is 10.8. The van der Waals surface area contributed by atoms with E-state index in [1.807, 2.05) is 51.1 Å². The van der Waals surface area contributed by atoms with Gasteiger partial charge in [-0.15, -0.1) is 0 Å². The molecule has 1 atom stereocenters. The summed E-state index contributed by atoms with van der Waals surface area (Å²) in [7, 11) is 0. The van der Waals surface area contributed by atoms with Crippen molar-refractivity contribution in [2.24, 2.45) is 5.41 Å². The second-order valence-electron chi connectivity index (χ2n) is 9.76. The molecule has 0 heterocycles. The fourth-order valence-electron chi connectivity index (χ4n) is 3.79. The Balaban J connectivity index is 1.97. The minimum absolute atomic E-state index is 0.0186. The van der Waals surface area contributed by atoms with Gasteiger partial charge < -0.3 is 10.2 Å². The Morgan fingerprint density at radius 2 is 1.18 bits per heavy atom. The van der Waals surface area contributed by atoms with Crippen LogP contribution in [0.5, 0.6) is 0 Å². The zero-order valence-corrected chi connectivity index (χ0v) is 20.9. The monoisotopic (exact) mass is 458 g/mol. The van der Waals surface area contributed by atoms with E-state index in [0.717, 1.165) is 10.6 Å². The highest BCUT2D eigenvalue weighted by Gasteiger charge is 2.36. The number of hydrogen-bond acceptors (Lipinski definition) is 2. The van der Waals surface area contributed by atoms with Gasteiger partial charge in [0.05, 0.1) is 10.4 Å². The van der Waals surface area contributed by atoms with Crippen molar-refractivity contribution in [3.05, 3.63) is 108 Å². The molecule has 1 amide bonds. The molecule has 0 fully saturated rings. The maximum absolute atomic E-state index is 12.7. The topological polar surface area (TPSA) is 32.3 Å². The van der Waals surface area contributed by atoms with E-state index in [2.05, 4.69) is 77.8 Å². The van der Waals surface area contributed by atoms with Crippen LogP contribution in [0.2, 0.25) is 0 Å². The normalized spacial score (nSPS) is 13.1. The molecular formula is C29H34N2OS. The Morgan fingerprint density at radius 1 is 0.758 bits per heavy atom. The van der Waals surface area contributed by atoms with Gasteiger partial charge in [-0.1, -0.05) is 124 Å². The third-order valence-electron chi connectivity index (χ3n) is 5.89. The molecule has 0 aliphatic rings. The van der Waals surface area contributed by atoms with E-state index in [4.69, 9.17) is 12.2 Å². The lowest BCUT2D eigenvalue weighted by Gasteiger charge is -2.39. The molecule has 0 aromatic heterocycles. The molecule has 0 saturated heterocycles. The van der Waals surface area contributed by atoms with E-state index in [1.54, 1.807) is 0 Å². The zero-order valence-electron chi connectivity index (χ0n) is 20.0.